The zero-order chi connectivity index (χ0) is 12.4. The van der Waals surface area contributed by atoms with E-state index >= 15 is 0 Å². The van der Waals surface area contributed by atoms with E-state index in [0.29, 0.717) is 6.04 Å². The van der Waals surface area contributed by atoms with Crippen LogP contribution in [0.1, 0.15) is 35.8 Å². The highest BCUT2D eigenvalue weighted by Gasteiger charge is 2.22. The second-order valence-corrected chi connectivity index (χ2v) is 5.18. The van der Waals surface area contributed by atoms with Crippen LogP contribution in [0.3, 0.4) is 0 Å². The summed E-state index contributed by atoms with van der Waals surface area (Å²) in [6.07, 6.45) is 2.53. The fourth-order valence-electron chi connectivity index (χ4n) is 2.82. The Morgan fingerprint density at radius 2 is 2.18 bits per heavy atom. The average Bonchev–Trinajstić information content (AvgIpc) is 2.57. The molecular weight excluding hydrogens is 212 g/mol. The van der Waals surface area contributed by atoms with E-state index in [1.54, 1.807) is 0 Å². The van der Waals surface area contributed by atoms with Crippen LogP contribution in [0.4, 0.5) is 0 Å². The topological polar surface area (TPSA) is 33.1 Å². The van der Waals surface area contributed by atoms with E-state index in [2.05, 4.69) is 35.8 Å². The smallest absolute Gasteiger partial charge is 0.0649 e. The fourth-order valence-corrected chi connectivity index (χ4v) is 2.82. The number of aryl methyl sites for hydroxylation is 1. The van der Waals surface area contributed by atoms with Crippen molar-refractivity contribution in [1.29, 1.82) is 0 Å². The molecule has 0 aliphatic carbocycles. The summed E-state index contributed by atoms with van der Waals surface area (Å²) in [7, 11) is 4.19. The zero-order valence-electron chi connectivity index (χ0n) is 11.5. The molecule has 1 unspecified atom stereocenters. The maximum Gasteiger partial charge on any atom is 0.0649 e. The zero-order valence-corrected chi connectivity index (χ0v) is 11.5. The molecule has 0 aromatic carbocycles. The molecule has 4 nitrogen and oxygen atoms in total. The maximum atomic E-state index is 4.74. The number of hydrogen-bond acceptors (Lipinski definition) is 3. The van der Waals surface area contributed by atoms with E-state index < -0.39 is 0 Å². The van der Waals surface area contributed by atoms with Gasteiger partial charge in [0.25, 0.3) is 0 Å². The molecule has 4 heteroatoms. The summed E-state index contributed by atoms with van der Waals surface area (Å²) in [6, 6.07) is 0.554. The van der Waals surface area contributed by atoms with Crippen LogP contribution in [0.5, 0.6) is 0 Å². The number of aromatic nitrogens is 2. The van der Waals surface area contributed by atoms with Crippen molar-refractivity contribution in [2.75, 3.05) is 27.2 Å². The molecule has 2 rings (SSSR count). The Bertz CT molecular complexity index is 383. The van der Waals surface area contributed by atoms with Crippen LogP contribution in [0, 0.1) is 13.8 Å². The Balaban J connectivity index is 2.23. The number of piperidine rings is 1. The molecule has 96 valence electrons. The lowest BCUT2D eigenvalue weighted by Gasteiger charge is -2.30. The molecule has 1 aromatic heterocycles. The second-order valence-electron chi connectivity index (χ2n) is 5.18. The molecule has 1 aromatic rings. The molecule has 1 N–H and O–H groups in total. The van der Waals surface area contributed by atoms with Gasteiger partial charge in [0.1, 0.15) is 0 Å². The first kappa shape index (κ1) is 12.6. The van der Waals surface area contributed by atoms with Gasteiger partial charge in [0.2, 0.25) is 0 Å². The van der Waals surface area contributed by atoms with Gasteiger partial charge in [0.05, 0.1) is 11.7 Å². The third-order valence-electron chi connectivity index (χ3n) is 3.77. The Hall–Kier alpha value is -0.870. The number of nitrogens with zero attached hydrogens (tertiary/aromatic N) is 3. The number of likely N-dealkylation sites (tertiary alicyclic amines) is 1. The third kappa shape index (κ3) is 2.53. The SMILES string of the molecule is CNCc1c(C)nn(C2CCCN(C)C2)c1C. The number of hydrogen-bond donors (Lipinski definition) is 1. The molecular formula is C13H24N4. The van der Waals surface area contributed by atoms with E-state index in [-0.39, 0.29) is 0 Å². The van der Waals surface area contributed by atoms with Crippen molar-refractivity contribution in [3.05, 3.63) is 17.0 Å². The Labute approximate surface area is 104 Å². The van der Waals surface area contributed by atoms with Crippen LogP contribution < -0.4 is 5.32 Å². The van der Waals surface area contributed by atoms with Gasteiger partial charge in [-0.2, -0.15) is 5.10 Å². The van der Waals surface area contributed by atoms with E-state index in [4.69, 9.17) is 5.10 Å². The molecule has 1 aliphatic rings. The van der Waals surface area contributed by atoms with Crippen LogP contribution in [0.2, 0.25) is 0 Å². The van der Waals surface area contributed by atoms with E-state index in [1.165, 1.54) is 36.3 Å². The minimum atomic E-state index is 0.554. The highest BCUT2D eigenvalue weighted by molar-refractivity contribution is 5.24. The van der Waals surface area contributed by atoms with Gasteiger partial charge in [0, 0.05) is 24.3 Å². The van der Waals surface area contributed by atoms with Crippen molar-refractivity contribution in [3.63, 3.8) is 0 Å². The van der Waals surface area contributed by atoms with Crippen molar-refractivity contribution in [2.45, 2.75) is 39.3 Å². The summed E-state index contributed by atoms with van der Waals surface area (Å²) in [5, 5.41) is 7.96. The monoisotopic (exact) mass is 236 g/mol. The quantitative estimate of drug-likeness (QED) is 0.863. The van der Waals surface area contributed by atoms with Crippen molar-refractivity contribution >= 4 is 0 Å². The lowest BCUT2D eigenvalue weighted by atomic mass is 10.1. The van der Waals surface area contributed by atoms with Gasteiger partial charge in [-0.3, -0.25) is 4.68 Å². The third-order valence-corrected chi connectivity index (χ3v) is 3.77. The van der Waals surface area contributed by atoms with Crippen LogP contribution >= 0.6 is 0 Å². The molecule has 1 atom stereocenters. The van der Waals surface area contributed by atoms with Gasteiger partial charge in [-0.1, -0.05) is 0 Å². The van der Waals surface area contributed by atoms with Gasteiger partial charge in [0.15, 0.2) is 0 Å². The first-order valence-electron chi connectivity index (χ1n) is 6.51. The molecule has 0 saturated carbocycles. The molecule has 1 fully saturated rings. The minimum absolute atomic E-state index is 0.554. The van der Waals surface area contributed by atoms with Crippen molar-refractivity contribution < 1.29 is 0 Å². The lowest BCUT2D eigenvalue weighted by Crippen LogP contribution is -2.34. The summed E-state index contributed by atoms with van der Waals surface area (Å²) in [6.45, 7) is 7.57. The van der Waals surface area contributed by atoms with Gasteiger partial charge in [-0.15, -0.1) is 0 Å². The predicted octanol–water partition coefficient (Wildman–Crippen LogP) is 1.49. The summed E-state index contributed by atoms with van der Waals surface area (Å²) in [5.74, 6) is 0. The molecule has 17 heavy (non-hydrogen) atoms. The van der Waals surface area contributed by atoms with Gasteiger partial charge < -0.3 is 10.2 Å². The van der Waals surface area contributed by atoms with Crippen LogP contribution in [0.25, 0.3) is 0 Å². The van der Waals surface area contributed by atoms with Crippen LogP contribution in [0.15, 0.2) is 0 Å². The van der Waals surface area contributed by atoms with E-state index in [9.17, 15) is 0 Å². The standard InChI is InChI=1S/C13H24N4/c1-10-13(8-14-3)11(2)17(15-10)12-6-5-7-16(4)9-12/h12,14H,5-9H2,1-4H3. The molecule has 1 saturated heterocycles. The predicted molar refractivity (Wildman–Crippen MR) is 70.2 cm³/mol. The van der Waals surface area contributed by atoms with Crippen molar-refractivity contribution in [3.8, 4) is 0 Å². The first-order chi connectivity index (χ1) is 8.13. The molecule has 1 aliphatic heterocycles. The van der Waals surface area contributed by atoms with Crippen molar-refractivity contribution in [2.24, 2.45) is 0 Å². The maximum absolute atomic E-state index is 4.74. The van der Waals surface area contributed by atoms with Crippen LogP contribution in [-0.4, -0.2) is 41.9 Å². The number of likely N-dealkylation sites (N-methyl/N-ethyl adjacent to an activating group) is 1. The Morgan fingerprint density at radius 3 is 2.82 bits per heavy atom. The molecule has 0 radical (unpaired) electrons. The minimum Gasteiger partial charge on any atom is -0.316 e. The number of nitrogens with one attached hydrogen (secondary N) is 1. The largest absolute Gasteiger partial charge is 0.316 e. The highest BCUT2D eigenvalue weighted by Crippen LogP contribution is 2.24. The Morgan fingerprint density at radius 1 is 1.41 bits per heavy atom. The van der Waals surface area contributed by atoms with E-state index in [1.807, 2.05) is 7.05 Å². The highest BCUT2D eigenvalue weighted by atomic mass is 15.3. The van der Waals surface area contributed by atoms with Crippen LogP contribution in [-0.2, 0) is 6.54 Å². The summed E-state index contributed by atoms with van der Waals surface area (Å²) >= 11 is 0. The van der Waals surface area contributed by atoms with Gasteiger partial charge >= 0.3 is 0 Å². The second kappa shape index (κ2) is 5.19. The normalized spacial score (nSPS) is 22.0. The molecule has 0 amide bonds. The summed E-state index contributed by atoms with van der Waals surface area (Å²) in [5.41, 5.74) is 3.86. The van der Waals surface area contributed by atoms with Gasteiger partial charge in [-0.25, -0.2) is 0 Å². The first-order valence-corrected chi connectivity index (χ1v) is 6.51. The van der Waals surface area contributed by atoms with Crippen molar-refractivity contribution in [1.82, 2.24) is 20.0 Å². The van der Waals surface area contributed by atoms with E-state index in [0.717, 1.165) is 13.1 Å². The molecule has 2 heterocycles. The Kier molecular flexibility index (Phi) is 3.84. The lowest BCUT2D eigenvalue weighted by molar-refractivity contribution is 0.200. The molecule has 0 bridgehead atoms. The summed E-state index contributed by atoms with van der Waals surface area (Å²) < 4.78 is 2.25. The fraction of sp³-hybridized carbons (Fsp3) is 0.769. The number of rotatable bonds is 3. The average molecular weight is 236 g/mol. The summed E-state index contributed by atoms with van der Waals surface area (Å²) in [4.78, 5) is 2.41. The van der Waals surface area contributed by atoms with Gasteiger partial charge in [-0.05, 0) is 47.3 Å². The molecule has 0 spiro atoms.